The van der Waals surface area contributed by atoms with Crippen LogP contribution in [0.3, 0.4) is 0 Å². The summed E-state index contributed by atoms with van der Waals surface area (Å²) in [7, 11) is 0. The number of aromatic nitrogens is 3. The molecule has 0 spiro atoms. The van der Waals surface area contributed by atoms with Gasteiger partial charge in [0.1, 0.15) is 6.33 Å². The maximum absolute atomic E-state index is 12.8. The van der Waals surface area contributed by atoms with Crippen molar-refractivity contribution in [3.05, 3.63) is 62.8 Å². The highest BCUT2D eigenvalue weighted by Crippen LogP contribution is 2.23. The van der Waals surface area contributed by atoms with Crippen LogP contribution < -0.4 is 10.9 Å². The molecule has 0 atom stereocenters. The van der Waals surface area contributed by atoms with Crippen molar-refractivity contribution in [1.82, 2.24) is 14.5 Å². The van der Waals surface area contributed by atoms with E-state index in [0.29, 0.717) is 10.0 Å². The van der Waals surface area contributed by atoms with E-state index in [9.17, 15) is 14.4 Å². The standard InChI is InChI=1S/C18H14Cl2N4O4/c1-10(25)28-8-16(26)23-12-5-13-17(21-6-12)22-9-24(18(13)27)7-11-2-3-14(19)15(20)4-11/h2-6,9H,7-8H2,1H3,(H,23,26). The fourth-order valence-electron chi connectivity index (χ4n) is 2.43. The number of hydrogen-bond donors (Lipinski definition) is 1. The van der Waals surface area contributed by atoms with Crippen molar-refractivity contribution in [1.29, 1.82) is 0 Å². The van der Waals surface area contributed by atoms with Crippen LogP contribution in [0.4, 0.5) is 5.69 Å². The molecule has 0 unspecified atom stereocenters. The smallest absolute Gasteiger partial charge is 0.303 e. The number of fused-ring (bicyclic) bond motifs is 1. The number of ether oxygens (including phenoxy) is 1. The maximum Gasteiger partial charge on any atom is 0.303 e. The molecular weight excluding hydrogens is 407 g/mol. The molecule has 0 fully saturated rings. The van der Waals surface area contributed by atoms with E-state index >= 15 is 0 Å². The molecule has 2 aromatic heterocycles. The zero-order chi connectivity index (χ0) is 20.3. The lowest BCUT2D eigenvalue weighted by molar-refractivity contribution is -0.144. The largest absolute Gasteiger partial charge is 0.456 e. The van der Waals surface area contributed by atoms with Crippen molar-refractivity contribution in [2.45, 2.75) is 13.5 Å². The SMILES string of the molecule is CC(=O)OCC(=O)Nc1cnc2ncn(Cc3ccc(Cl)c(Cl)c3)c(=O)c2c1. The minimum atomic E-state index is -0.568. The number of nitrogens with zero attached hydrogens (tertiary/aromatic N) is 3. The minimum absolute atomic E-state index is 0.229. The zero-order valence-corrected chi connectivity index (χ0v) is 16.1. The number of benzene rings is 1. The molecule has 10 heteroatoms. The number of rotatable bonds is 5. The highest BCUT2D eigenvalue weighted by molar-refractivity contribution is 6.42. The van der Waals surface area contributed by atoms with Gasteiger partial charge in [0.05, 0.1) is 33.9 Å². The average molecular weight is 421 g/mol. The number of halogens is 2. The number of carbonyl (C=O) groups is 2. The fourth-order valence-corrected chi connectivity index (χ4v) is 2.75. The molecule has 1 N–H and O–H groups in total. The Morgan fingerprint density at radius 2 is 1.96 bits per heavy atom. The van der Waals surface area contributed by atoms with Crippen molar-refractivity contribution < 1.29 is 14.3 Å². The second kappa shape index (κ2) is 8.37. The molecule has 144 valence electrons. The Morgan fingerprint density at radius 3 is 2.68 bits per heavy atom. The lowest BCUT2D eigenvalue weighted by Gasteiger charge is -2.09. The molecule has 0 aliphatic carbocycles. The molecule has 0 saturated heterocycles. The first-order chi connectivity index (χ1) is 13.3. The number of esters is 1. The maximum atomic E-state index is 12.8. The van der Waals surface area contributed by atoms with Crippen molar-refractivity contribution in [3.8, 4) is 0 Å². The molecule has 3 aromatic rings. The van der Waals surface area contributed by atoms with E-state index in [2.05, 4.69) is 20.0 Å². The van der Waals surface area contributed by atoms with E-state index in [1.807, 2.05) is 0 Å². The van der Waals surface area contributed by atoms with Crippen LogP contribution in [-0.2, 0) is 20.9 Å². The molecule has 8 nitrogen and oxygen atoms in total. The molecule has 2 heterocycles. The second-order valence-electron chi connectivity index (χ2n) is 5.85. The third-order valence-corrected chi connectivity index (χ3v) is 4.44. The van der Waals surface area contributed by atoms with Crippen molar-refractivity contribution in [3.63, 3.8) is 0 Å². The van der Waals surface area contributed by atoms with Gasteiger partial charge in [-0.2, -0.15) is 0 Å². The molecule has 1 amide bonds. The summed E-state index contributed by atoms with van der Waals surface area (Å²) in [6.45, 7) is 1.01. The quantitative estimate of drug-likeness (QED) is 0.636. The summed E-state index contributed by atoms with van der Waals surface area (Å²) in [4.78, 5) is 43.6. The second-order valence-corrected chi connectivity index (χ2v) is 6.66. The molecule has 0 bridgehead atoms. The molecule has 0 aliphatic rings. The average Bonchev–Trinajstić information content (AvgIpc) is 2.65. The van der Waals surface area contributed by atoms with Crippen LogP contribution in [0.25, 0.3) is 11.0 Å². The number of anilines is 1. The highest BCUT2D eigenvalue weighted by Gasteiger charge is 2.10. The summed E-state index contributed by atoms with van der Waals surface area (Å²) in [5, 5.41) is 3.56. The molecule has 0 saturated carbocycles. The molecule has 1 aromatic carbocycles. The van der Waals surface area contributed by atoms with Gasteiger partial charge in [-0.15, -0.1) is 0 Å². The van der Waals surface area contributed by atoms with Crippen LogP contribution in [0, 0.1) is 0 Å². The first-order valence-corrected chi connectivity index (χ1v) is 8.81. The normalized spacial score (nSPS) is 10.7. The summed E-state index contributed by atoms with van der Waals surface area (Å²) in [5.41, 5.74) is 0.973. The Balaban J connectivity index is 1.87. The fraction of sp³-hybridized carbons (Fsp3) is 0.167. The molecule has 28 heavy (non-hydrogen) atoms. The number of amides is 1. The Bertz CT molecular complexity index is 1130. The summed E-state index contributed by atoms with van der Waals surface area (Å²) >= 11 is 11.9. The molecule has 0 radical (unpaired) electrons. The van der Waals surface area contributed by atoms with E-state index < -0.39 is 18.5 Å². The van der Waals surface area contributed by atoms with Crippen molar-refractivity contribution in [2.75, 3.05) is 11.9 Å². The lowest BCUT2D eigenvalue weighted by atomic mass is 10.2. The predicted octanol–water partition coefficient (Wildman–Crippen LogP) is 2.65. The molecule has 3 rings (SSSR count). The Morgan fingerprint density at radius 1 is 1.18 bits per heavy atom. The minimum Gasteiger partial charge on any atom is -0.456 e. The van der Waals surface area contributed by atoms with Crippen molar-refractivity contribution in [2.24, 2.45) is 0 Å². The summed E-state index contributed by atoms with van der Waals surface area (Å²) in [6, 6.07) is 6.55. The Hall–Kier alpha value is -2.97. The number of nitrogens with one attached hydrogen (secondary N) is 1. The van der Waals surface area contributed by atoms with E-state index in [4.69, 9.17) is 23.2 Å². The van der Waals surface area contributed by atoms with Gasteiger partial charge < -0.3 is 10.1 Å². The van der Waals surface area contributed by atoms with E-state index in [1.54, 1.807) is 18.2 Å². The summed E-state index contributed by atoms with van der Waals surface area (Å²) < 4.78 is 6.02. The summed E-state index contributed by atoms with van der Waals surface area (Å²) in [6.07, 6.45) is 2.75. The third kappa shape index (κ3) is 4.65. The van der Waals surface area contributed by atoms with E-state index in [-0.39, 0.29) is 28.8 Å². The highest BCUT2D eigenvalue weighted by atomic mass is 35.5. The van der Waals surface area contributed by atoms with Crippen molar-refractivity contribution >= 4 is 51.8 Å². The van der Waals surface area contributed by atoms with Crippen LogP contribution in [-0.4, -0.2) is 33.0 Å². The number of hydrogen-bond acceptors (Lipinski definition) is 6. The van der Waals surface area contributed by atoms with Crippen LogP contribution in [0.15, 0.2) is 41.6 Å². The Labute approximate surface area is 169 Å². The van der Waals surface area contributed by atoms with Gasteiger partial charge in [0, 0.05) is 6.92 Å². The Kier molecular flexibility index (Phi) is 5.91. The zero-order valence-electron chi connectivity index (χ0n) is 14.6. The molecular formula is C18H14Cl2N4O4. The summed E-state index contributed by atoms with van der Waals surface area (Å²) in [5.74, 6) is -1.11. The first kappa shape index (κ1) is 19.8. The predicted molar refractivity (Wildman–Crippen MR) is 105 cm³/mol. The van der Waals surface area contributed by atoms with Gasteiger partial charge >= 0.3 is 5.97 Å². The van der Waals surface area contributed by atoms with E-state index in [0.717, 1.165) is 5.56 Å². The monoisotopic (exact) mass is 420 g/mol. The van der Waals surface area contributed by atoms with Gasteiger partial charge in [-0.05, 0) is 23.8 Å². The van der Waals surface area contributed by atoms with Crippen LogP contribution in [0.1, 0.15) is 12.5 Å². The van der Waals surface area contributed by atoms with Crippen LogP contribution in [0.2, 0.25) is 10.0 Å². The molecule has 0 aliphatic heterocycles. The van der Waals surface area contributed by atoms with Gasteiger partial charge in [-0.25, -0.2) is 9.97 Å². The van der Waals surface area contributed by atoms with Gasteiger partial charge in [-0.1, -0.05) is 29.3 Å². The van der Waals surface area contributed by atoms with E-state index in [1.165, 1.54) is 30.1 Å². The van der Waals surface area contributed by atoms with Crippen LogP contribution >= 0.6 is 23.2 Å². The van der Waals surface area contributed by atoms with Gasteiger partial charge in [0.15, 0.2) is 12.3 Å². The van der Waals surface area contributed by atoms with Gasteiger partial charge in [0.25, 0.3) is 11.5 Å². The van der Waals surface area contributed by atoms with Crippen LogP contribution in [0.5, 0.6) is 0 Å². The topological polar surface area (TPSA) is 103 Å². The number of pyridine rings is 1. The van der Waals surface area contributed by atoms with Gasteiger partial charge in [-0.3, -0.25) is 19.0 Å². The lowest BCUT2D eigenvalue weighted by Crippen LogP contribution is -2.23. The first-order valence-electron chi connectivity index (χ1n) is 8.06. The van der Waals surface area contributed by atoms with Gasteiger partial charge in [0.2, 0.25) is 0 Å². The number of carbonyl (C=O) groups excluding carboxylic acids is 2. The third-order valence-electron chi connectivity index (χ3n) is 3.70.